The number of non-ortho nitro benzene ring substituents is 1. The minimum Gasteiger partial charge on any atom is -0.297 e. The lowest BCUT2D eigenvalue weighted by Gasteiger charge is -2.26. The predicted molar refractivity (Wildman–Crippen MR) is 74.7 cm³/mol. The molecule has 19 heavy (non-hydrogen) atoms. The second-order valence-electron chi connectivity index (χ2n) is 4.46. The zero-order chi connectivity index (χ0) is 14.0. The molecule has 104 valence electrons. The van der Waals surface area contributed by atoms with Crippen LogP contribution in [0.4, 0.5) is 5.69 Å². The maximum absolute atomic E-state index is 11.3. The Hall–Kier alpha value is -0.990. The molecule has 1 fully saturated rings. The fourth-order valence-corrected chi connectivity index (χ4v) is 3.59. The van der Waals surface area contributed by atoms with Gasteiger partial charge in [-0.3, -0.25) is 15.0 Å². The van der Waals surface area contributed by atoms with Crippen molar-refractivity contribution in [3.63, 3.8) is 0 Å². The van der Waals surface area contributed by atoms with Gasteiger partial charge in [0.2, 0.25) is 0 Å². The van der Waals surface area contributed by atoms with Crippen molar-refractivity contribution in [2.24, 2.45) is 0 Å². The predicted octanol–water partition coefficient (Wildman–Crippen LogP) is 1.59. The maximum atomic E-state index is 11.3. The summed E-state index contributed by atoms with van der Waals surface area (Å²) >= 11 is 3.36. The van der Waals surface area contributed by atoms with Gasteiger partial charge in [0.05, 0.1) is 16.4 Å². The van der Waals surface area contributed by atoms with Crippen LogP contribution < -0.4 is 0 Å². The Morgan fingerprint density at radius 3 is 2.53 bits per heavy atom. The van der Waals surface area contributed by atoms with Gasteiger partial charge >= 0.3 is 0 Å². The number of rotatable bonds is 3. The Labute approximate surface area is 119 Å². The van der Waals surface area contributed by atoms with E-state index in [0.717, 1.165) is 10.0 Å². The first-order chi connectivity index (χ1) is 8.87. The third-order valence-electron chi connectivity index (χ3n) is 3.07. The lowest BCUT2D eigenvalue weighted by molar-refractivity contribution is -0.384. The van der Waals surface area contributed by atoms with Crippen LogP contribution >= 0.6 is 15.9 Å². The molecule has 0 saturated carbocycles. The first-order valence-corrected chi connectivity index (χ1v) is 8.34. The third kappa shape index (κ3) is 3.74. The minimum atomic E-state index is -2.90. The molecule has 0 spiro atoms. The van der Waals surface area contributed by atoms with E-state index >= 15 is 0 Å². The molecular formula is C11H13BrN2O4S. The summed E-state index contributed by atoms with van der Waals surface area (Å²) in [6.07, 6.45) is 0. The molecular weight excluding hydrogens is 336 g/mol. The maximum Gasteiger partial charge on any atom is 0.269 e. The van der Waals surface area contributed by atoms with Crippen molar-refractivity contribution in [2.45, 2.75) is 6.54 Å². The second-order valence-corrected chi connectivity index (χ2v) is 7.62. The van der Waals surface area contributed by atoms with Gasteiger partial charge in [-0.25, -0.2) is 8.42 Å². The summed E-state index contributed by atoms with van der Waals surface area (Å²) in [7, 11) is -2.90. The molecule has 8 heteroatoms. The summed E-state index contributed by atoms with van der Waals surface area (Å²) in [5.41, 5.74) is 0.844. The second kappa shape index (κ2) is 5.56. The highest BCUT2D eigenvalue weighted by atomic mass is 79.9. The number of hydrogen-bond donors (Lipinski definition) is 0. The van der Waals surface area contributed by atoms with Crippen LogP contribution in [0.25, 0.3) is 0 Å². The highest BCUT2D eigenvalue weighted by Gasteiger charge is 2.22. The Kier molecular flexibility index (Phi) is 4.22. The van der Waals surface area contributed by atoms with Crippen LogP contribution in [0.3, 0.4) is 0 Å². The molecule has 2 rings (SSSR count). The zero-order valence-corrected chi connectivity index (χ0v) is 12.5. The van der Waals surface area contributed by atoms with Crippen LogP contribution in [0.5, 0.6) is 0 Å². The standard InChI is InChI=1S/C11H13BrN2O4S/c12-11-2-1-10(14(15)16)7-9(11)8-13-3-5-19(17,18)6-4-13/h1-2,7H,3-6,8H2. The molecule has 0 unspecified atom stereocenters. The molecule has 1 aromatic carbocycles. The summed E-state index contributed by atoms with van der Waals surface area (Å²) in [5, 5.41) is 10.7. The lowest BCUT2D eigenvalue weighted by atomic mass is 10.2. The molecule has 0 aromatic heterocycles. The fourth-order valence-electron chi connectivity index (χ4n) is 1.95. The highest BCUT2D eigenvalue weighted by molar-refractivity contribution is 9.10. The van der Waals surface area contributed by atoms with Gasteiger partial charge in [0.1, 0.15) is 0 Å². The van der Waals surface area contributed by atoms with Crippen LogP contribution in [-0.2, 0) is 16.4 Å². The Balaban J connectivity index is 2.11. The zero-order valence-electron chi connectivity index (χ0n) is 10.1. The molecule has 1 heterocycles. The van der Waals surface area contributed by atoms with Crippen LogP contribution in [0, 0.1) is 10.1 Å². The SMILES string of the molecule is O=[N+]([O-])c1ccc(Br)c(CN2CCS(=O)(=O)CC2)c1. The van der Waals surface area contributed by atoms with Crippen LogP contribution in [0.15, 0.2) is 22.7 Å². The average Bonchev–Trinajstić information content (AvgIpc) is 2.34. The lowest BCUT2D eigenvalue weighted by Crippen LogP contribution is -2.39. The van der Waals surface area contributed by atoms with Gasteiger partial charge in [0.25, 0.3) is 5.69 Å². The van der Waals surface area contributed by atoms with Crippen molar-refractivity contribution in [1.29, 1.82) is 0 Å². The minimum absolute atomic E-state index is 0.0443. The van der Waals surface area contributed by atoms with Crippen LogP contribution in [0.2, 0.25) is 0 Å². The third-order valence-corrected chi connectivity index (χ3v) is 5.45. The number of benzene rings is 1. The number of nitro benzene ring substituents is 1. The van der Waals surface area contributed by atoms with E-state index in [-0.39, 0.29) is 17.2 Å². The van der Waals surface area contributed by atoms with Gasteiger partial charge in [0.15, 0.2) is 9.84 Å². The summed E-state index contributed by atoms with van der Waals surface area (Å²) < 4.78 is 23.5. The van der Waals surface area contributed by atoms with E-state index in [0.29, 0.717) is 19.6 Å². The van der Waals surface area contributed by atoms with E-state index in [1.807, 2.05) is 4.90 Å². The first-order valence-electron chi connectivity index (χ1n) is 5.73. The first kappa shape index (κ1) is 14.4. The fraction of sp³-hybridized carbons (Fsp3) is 0.455. The van der Waals surface area contributed by atoms with Crippen LogP contribution in [-0.4, -0.2) is 42.8 Å². The number of hydrogen-bond acceptors (Lipinski definition) is 5. The van der Waals surface area contributed by atoms with Gasteiger partial charge in [-0.2, -0.15) is 0 Å². The molecule has 6 nitrogen and oxygen atoms in total. The van der Waals surface area contributed by atoms with Gasteiger partial charge in [0, 0.05) is 36.2 Å². The van der Waals surface area contributed by atoms with E-state index in [2.05, 4.69) is 15.9 Å². The summed E-state index contributed by atoms with van der Waals surface area (Å²) in [4.78, 5) is 12.3. The number of nitrogens with zero attached hydrogens (tertiary/aromatic N) is 2. The average molecular weight is 349 g/mol. The molecule has 0 atom stereocenters. The molecule has 1 aliphatic rings. The molecule has 0 N–H and O–H groups in total. The molecule has 1 saturated heterocycles. The van der Waals surface area contributed by atoms with Crippen molar-refractivity contribution in [3.05, 3.63) is 38.3 Å². The molecule has 0 radical (unpaired) electrons. The van der Waals surface area contributed by atoms with Crippen molar-refractivity contribution in [2.75, 3.05) is 24.6 Å². The van der Waals surface area contributed by atoms with E-state index in [1.165, 1.54) is 12.1 Å². The molecule has 1 aliphatic heterocycles. The quantitative estimate of drug-likeness (QED) is 0.612. The van der Waals surface area contributed by atoms with Crippen molar-refractivity contribution < 1.29 is 13.3 Å². The molecule has 0 amide bonds. The highest BCUT2D eigenvalue weighted by Crippen LogP contribution is 2.24. The van der Waals surface area contributed by atoms with Crippen molar-refractivity contribution >= 4 is 31.5 Å². The Morgan fingerprint density at radius 2 is 1.95 bits per heavy atom. The normalized spacial score (nSPS) is 19.2. The monoisotopic (exact) mass is 348 g/mol. The van der Waals surface area contributed by atoms with Gasteiger partial charge in [-0.05, 0) is 11.6 Å². The topological polar surface area (TPSA) is 80.5 Å². The van der Waals surface area contributed by atoms with Crippen LogP contribution in [0.1, 0.15) is 5.56 Å². The van der Waals surface area contributed by atoms with E-state index in [1.54, 1.807) is 6.07 Å². The number of halogens is 1. The van der Waals surface area contributed by atoms with E-state index < -0.39 is 14.8 Å². The van der Waals surface area contributed by atoms with E-state index in [4.69, 9.17) is 0 Å². The van der Waals surface area contributed by atoms with Gasteiger partial charge in [-0.1, -0.05) is 15.9 Å². The molecule has 1 aromatic rings. The summed E-state index contributed by atoms with van der Waals surface area (Å²) in [6.45, 7) is 1.45. The van der Waals surface area contributed by atoms with Crippen molar-refractivity contribution in [3.8, 4) is 0 Å². The molecule has 0 bridgehead atoms. The number of sulfone groups is 1. The summed E-state index contributed by atoms with van der Waals surface area (Å²) in [5.74, 6) is 0.305. The smallest absolute Gasteiger partial charge is 0.269 e. The Bertz CT molecular complexity index is 589. The number of nitro groups is 1. The Morgan fingerprint density at radius 1 is 1.32 bits per heavy atom. The molecule has 0 aliphatic carbocycles. The van der Waals surface area contributed by atoms with E-state index in [9.17, 15) is 18.5 Å². The van der Waals surface area contributed by atoms with Crippen molar-refractivity contribution in [1.82, 2.24) is 4.90 Å². The van der Waals surface area contributed by atoms with Gasteiger partial charge in [-0.15, -0.1) is 0 Å². The van der Waals surface area contributed by atoms with Gasteiger partial charge < -0.3 is 0 Å². The summed E-state index contributed by atoms with van der Waals surface area (Å²) in [6, 6.07) is 4.61. The largest absolute Gasteiger partial charge is 0.297 e.